The number of rotatable bonds is 2. The summed E-state index contributed by atoms with van der Waals surface area (Å²) in [7, 11) is 0. The van der Waals surface area contributed by atoms with Gasteiger partial charge in [-0.15, -0.1) is 11.3 Å². The Bertz CT molecular complexity index is 325. The van der Waals surface area contributed by atoms with E-state index < -0.39 is 5.54 Å². The fourth-order valence-corrected chi connectivity index (χ4v) is 2.08. The lowest BCUT2D eigenvalue weighted by Crippen LogP contribution is -2.32. The highest BCUT2D eigenvalue weighted by Gasteiger charge is 2.27. The highest BCUT2D eigenvalue weighted by molar-refractivity contribution is 7.10. The monoisotopic (exact) mass is 193 g/mol. The van der Waals surface area contributed by atoms with E-state index in [1.54, 1.807) is 17.6 Å². The quantitative estimate of drug-likeness (QED) is 0.796. The molecule has 0 fully saturated rings. The molecule has 68 valence electrons. The molecule has 1 unspecified atom stereocenters. The van der Waals surface area contributed by atoms with Crippen LogP contribution in [0.15, 0.2) is 40.3 Å². The average Bonchev–Trinajstić information content (AvgIpc) is 2.78. The van der Waals surface area contributed by atoms with Crippen LogP contribution in [0.1, 0.15) is 17.6 Å². The van der Waals surface area contributed by atoms with Crippen molar-refractivity contribution in [2.75, 3.05) is 0 Å². The first-order valence-electron chi connectivity index (χ1n) is 4.08. The molecular weight excluding hydrogens is 182 g/mol. The fraction of sp³-hybridized carbons (Fsp3) is 0.200. The van der Waals surface area contributed by atoms with E-state index in [1.165, 1.54) is 0 Å². The van der Waals surface area contributed by atoms with Crippen molar-refractivity contribution in [2.24, 2.45) is 5.73 Å². The molecule has 0 saturated carbocycles. The van der Waals surface area contributed by atoms with Crippen molar-refractivity contribution in [3.05, 3.63) is 46.5 Å². The summed E-state index contributed by atoms with van der Waals surface area (Å²) >= 11 is 1.64. The van der Waals surface area contributed by atoms with Crippen LogP contribution in [0.2, 0.25) is 0 Å². The van der Waals surface area contributed by atoms with Crippen molar-refractivity contribution in [1.82, 2.24) is 0 Å². The number of hydrogen-bond acceptors (Lipinski definition) is 3. The Kier molecular flexibility index (Phi) is 1.98. The third kappa shape index (κ3) is 1.41. The summed E-state index contributed by atoms with van der Waals surface area (Å²) < 4.78 is 5.30. The van der Waals surface area contributed by atoms with Gasteiger partial charge in [-0.05, 0) is 30.5 Å². The van der Waals surface area contributed by atoms with Crippen molar-refractivity contribution in [3.8, 4) is 0 Å². The summed E-state index contributed by atoms with van der Waals surface area (Å²) in [6.07, 6.45) is 1.65. The van der Waals surface area contributed by atoms with Crippen molar-refractivity contribution in [1.29, 1.82) is 0 Å². The molecule has 13 heavy (non-hydrogen) atoms. The first-order chi connectivity index (χ1) is 6.21. The van der Waals surface area contributed by atoms with E-state index in [1.807, 2.05) is 36.6 Å². The normalized spacial score (nSPS) is 15.5. The van der Waals surface area contributed by atoms with Crippen molar-refractivity contribution in [3.63, 3.8) is 0 Å². The third-order valence-electron chi connectivity index (χ3n) is 2.07. The van der Waals surface area contributed by atoms with Crippen LogP contribution in [0.4, 0.5) is 0 Å². The van der Waals surface area contributed by atoms with Gasteiger partial charge in [0.05, 0.1) is 6.26 Å². The lowest BCUT2D eigenvalue weighted by molar-refractivity contribution is 0.421. The molecular formula is C10H11NOS. The molecule has 2 heterocycles. The summed E-state index contributed by atoms with van der Waals surface area (Å²) in [6, 6.07) is 7.77. The minimum atomic E-state index is -0.502. The molecule has 2 rings (SSSR count). The van der Waals surface area contributed by atoms with Gasteiger partial charge in [-0.25, -0.2) is 0 Å². The van der Waals surface area contributed by atoms with Crippen molar-refractivity contribution < 1.29 is 4.42 Å². The largest absolute Gasteiger partial charge is 0.467 e. The molecule has 2 aromatic heterocycles. The lowest BCUT2D eigenvalue weighted by Gasteiger charge is -2.19. The maximum atomic E-state index is 6.16. The molecule has 2 N–H and O–H groups in total. The third-order valence-corrected chi connectivity index (χ3v) is 3.17. The van der Waals surface area contributed by atoms with Crippen LogP contribution < -0.4 is 5.73 Å². The first kappa shape index (κ1) is 8.53. The zero-order valence-electron chi connectivity index (χ0n) is 7.36. The SMILES string of the molecule is CC(N)(c1ccco1)c1cccs1. The van der Waals surface area contributed by atoms with Gasteiger partial charge < -0.3 is 10.2 Å². The molecule has 0 aliphatic rings. The molecule has 2 aromatic rings. The summed E-state index contributed by atoms with van der Waals surface area (Å²) in [4.78, 5) is 1.11. The predicted octanol–water partition coefficient (Wildman–Crippen LogP) is 2.56. The highest BCUT2D eigenvalue weighted by atomic mass is 32.1. The van der Waals surface area contributed by atoms with Gasteiger partial charge in [-0.2, -0.15) is 0 Å². The highest BCUT2D eigenvalue weighted by Crippen LogP contribution is 2.29. The van der Waals surface area contributed by atoms with E-state index >= 15 is 0 Å². The van der Waals surface area contributed by atoms with Gasteiger partial charge in [0.15, 0.2) is 0 Å². The Morgan fingerprint density at radius 2 is 2.23 bits per heavy atom. The Hall–Kier alpha value is -1.06. The van der Waals surface area contributed by atoms with E-state index in [-0.39, 0.29) is 0 Å². The van der Waals surface area contributed by atoms with E-state index in [4.69, 9.17) is 10.2 Å². The van der Waals surface area contributed by atoms with Gasteiger partial charge in [0.2, 0.25) is 0 Å². The molecule has 0 spiro atoms. The predicted molar refractivity (Wildman–Crippen MR) is 53.7 cm³/mol. The van der Waals surface area contributed by atoms with Crippen LogP contribution in [-0.4, -0.2) is 0 Å². The van der Waals surface area contributed by atoms with Crippen molar-refractivity contribution >= 4 is 11.3 Å². The molecule has 0 aliphatic heterocycles. The zero-order chi connectivity index (χ0) is 9.31. The van der Waals surface area contributed by atoms with Crippen LogP contribution in [0, 0.1) is 0 Å². The Morgan fingerprint density at radius 1 is 1.38 bits per heavy atom. The van der Waals surface area contributed by atoms with Crippen LogP contribution in [-0.2, 0) is 5.54 Å². The van der Waals surface area contributed by atoms with Crippen LogP contribution in [0.3, 0.4) is 0 Å². The lowest BCUT2D eigenvalue weighted by atomic mass is 9.99. The summed E-state index contributed by atoms with van der Waals surface area (Å²) in [5, 5.41) is 2.02. The maximum Gasteiger partial charge on any atom is 0.128 e. The Morgan fingerprint density at radius 3 is 2.77 bits per heavy atom. The molecule has 0 amide bonds. The molecule has 0 aromatic carbocycles. The van der Waals surface area contributed by atoms with Crippen molar-refractivity contribution in [2.45, 2.75) is 12.5 Å². The summed E-state index contributed by atoms with van der Waals surface area (Å²) in [5.41, 5.74) is 5.66. The van der Waals surface area contributed by atoms with Gasteiger partial charge in [-0.1, -0.05) is 6.07 Å². The Labute approximate surface area is 81.0 Å². The summed E-state index contributed by atoms with van der Waals surface area (Å²) in [5.74, 6) is 0.801. The molecule has 3 heteroatoms. The van der Waals surface area contributed by atoms with E-state index in [2.05, 4.69) is 0 Å². The second kappa shape index (κ2) is 3.01. The second-order valence-corrected chi connectivity index (χ2v) is 4.10. The molecule has 2 nitrogen and oxygen atoms in total. The van der Waals surface area contributed by atoms with E-state index in [0.29, 0.717) is 0 Å². The number of hydrogen-bond donors (Lipinski definition) is 1. The Balaban J connectivity index is 2.42. The number of thiophene rings is 1. The van der Waals surface area contributed by atoms with Gasteiger partial charge in [0.25, 0.3) is 0 Å². The minimum Gasteiger partial charge on any atom is -0.467 e. The maximum absolute atomic E-state index is 6.16. The topological polar surface area (TPSA) is 39.2 Å². The molecule has 0 radical (unpaired) electrons. The van der Waals surface area contributed by atoms with E-state index in [9.17, 15) is 0 Å². The van der Waals surface area contributed by atoms with E-state index in [0.717, 1.165) is 10.6 Å². The molecule has 1 atom stereocenters. The first-order valence-corrected chi connectivity index (χ1v) is 4.96. The molecule has 0 saturated heterocycles. The smallest absolute Gasteiger partial charge is 0.128 e. The standard InChI is InChI=1S/C10H11NOS/c1-10(11,8-4-2-6-12-8)9-5-3-7-13-9/h2-7H,11H2,1H3. The molecule has 0 bridgehead atoms. The fourth-order valence-electron chi connectivity index (χ4n) is 1.27. The van der Waals surface area contributed by atoms with Crippen LogP contribution in [0.5, 0.6) is 0 Å². The minimum absolute atomic E-state index is 0.502. The number of furan rings is 1. The van der Waals surface area contributed by atoms with Crippen LogP contribution in [0.25, 0.3) is 0 Å². The zero-order valence-corrected chi connectivity index (χ0v) is 8.17. The second-order valence-electron chi connectivity index (χ2n) is 3.16. The van der Waals surface area contributed by atoms with Crippen LogP contribution >= 0.6 is 11.3 Å². The average molecular weight is 193 g/mol. The van der Waals surface area contributed by atoms with Gasteiger partial charge in [0.1, 0.15) is 11.3 Å². The number of nitrogens with two attached hydrogens (primary N) is 1. The van der Waals surface area contributed by atoms with Gasteiger partial charge >= 0.3 is 0 Å². The van der Waals surface area contributed by atoms with Gasteiger partial charge in [-0.3, -0.25) is 0 Å². The molecule has 0 aliphatic carbocycles. The van der Waals surface area contributed by atoms with Gasteiger partial charge in [0, 0.05) is 4.88 Å². The summed E-state index contributed by atoms with van der Waals surface area (Å²) in [6.45, 7) is 1.96.